The number of rotatable bonds is 5. The standard InChI is InChI=1S/C11H14N4O2/c12-15-11-13-9-5-2-1-4-8(9)10(14-11)17-7-3-6-16/h1-2,4-5,16H,3,6-7,12H2,(H,13,14,15). The molecule has 0 aliphatic heterocycles. The Morgan fingerprint density at radius 3 is 2.88 bits per heavy atom. The highest BCUT2D eigenvalue weighted by Crippen LogP contribution is 2.23. The smallest absolute Gasteiger partial charge is 0.241 e. The van der Waals surface area contributed by atoms with Gasteiger partial charge in [-0.25, -0.2) is 10.8 Å². The first-order valence-corrected chi connectivity index (χ1v) is 5.32. The molecule has 1 aromatic carbocycles. The van der Waals surface area contributed by atoms with Gasteiger partial charge in [0, 0.05) is 13.0 Å². The van der Waals surface area contributed by atoms with Gasteiger partial charge in [-0.3, -0.25) is 5.43 Å². The number of hydrogen-bond acceptors (Lipinski definition) is 6. The van der Waals surface area contributed by atoms with Crippen LogP contribution in [0.3, 0.4) is 0 Å². The number of nitrogen functional groups attached to an aromatic ring is 1. The molecule has 0 bridgehead atoms. The van der Waals surface area contributed by atoms with Crippen LogP contribution in [0.4, 0.5) is 5.95 Å². The van der Waals surface area contributed by atoms with E-state index in [1.165, 1.54) is 0 Å². The number of aromatic nitrogens is 2. The van der Waals surface area contributed by atoms with Gasteiger partial charge in [0.15, 0.2) is 0 Å². The summed E-state index contributed by atoms with van der Waals surface area (Å²) in [5.74, 6) is 6.07. The van der Waals surface area contributed by atoms with Crippen LogP contribution >= 0.6 is 0 Å². The zero-order valence-electron chi connectivity index (χ0n) is 9.26. The predicted molar refractivity (Wildman–Crippen MR) is 64.5 cm³/mol. The molecule has 0 aliphatic carbocycles. The van der Waals surface area contributed by atoms with E-state index in [0.717, 1.165) is 10.9 Å². The second-order valence-corrected chi connectivity index (χ2v) is 3.44. The molecule has 17 heavy (non-hydrogen) atoms. The molecule has 0 spiro atoms. The topological polar surface area (TPSA) is 93.3 Å². The summed E-state index contributed by atoms with van der Waals surface area (Å²) < 4.78 is 5.50. The lowest BCUT2D eigenvalue weighted by atomic mass is 10.2. The fourth-order valence-electron chi connectivity index (χ4n) is 1.46. The van der Waals surface area contributed by atoms with E-state index in [4.69, 9.17) is 15.7 Å². The summed E-state index contributed by atoms with van der Waals surface area (Å²) in [6.45, 7) is 0.493. The third kappa shape index (κ3) is 2.61. The molecule has 90 valence electrons. The maximum Gasteiger partial charge on any atom is 0.241 e. The lowest BCUT2D eigenvalue weighted by molar-refractivity contribution is 0.231. The van der Waals surface area contributed by atoms with Gasteiger partial charge in [0.25, 0.3) is 0 Å². The number of ether oxygens (including phenoxy) is 1. The monoisotopic (exact) mass is 234 g/mol. The van der Waals surface area contributed by atoms with Crippen LogP contribution in [-0.4, -0.2) is 28.3 Å². The minimum Gasteiger partial charge on any atom is -0.477 e. The number of anilines is 1. The number of hydrogen-bond donors (Lipinski definition) is 3. The molecule has 2 rings (SSSR count). The quantitative estimate of drug-likeness (QED) is 0.400. The first kappa shape index (κ1) is 11.6. The third-order valence-corrected chi connectivity index (χ3v) is 2.24. The molecule has 0 saturated carbocycles. The van der Waals surface area contributed by atoms with Gasteiger partial charge in [0.1, 0.15) is 0 Å². The highest BCUT2D eigenvalue weighted by Gasteiger charge is 2.07. The van der Waals surface area contributed by atoms with Crippen molar-refractivity contribution in [2.75, 3.05) is 18.6 Å². The zero-order chi connectivity index (χ0) is 12.1. The van der Waals surface area contributed by atoms with Gasteiger partial charge in [-0.15, -0.1) is 0 Å². The first-order chi connectivity index (χ1) is 8.35. The molecule has 1 aromatic heterocycles. The van der Waals surface area contributed by atoms with E-state index >= 15 is 0 Å². The van der Waals surface area contributed by atoms with E-state index in [1.54, 1.807) is 0 Å². The van der Waals surface area contributed by atoms with Crippen molar-refractivity contribution in [3.8, 4) is 5.88 Å². The fourth-order valence-corrected chi connectivity index (χ4v) is 1.46. The van der Waals surface area contributed by atoms with Gasteiger partial charge < -0.3 is 9.84 Å². The van der Waals surface area contributed by atoms with E-state index in [2.05, 4.69) is 15.4 Å². The van der Waals surface area contributed by atoms with Crippen molar-refractivity contribution in [1.29, 1.82) is 0 Å². The Kier molecular flexibility index (Phi) is 3.69. The van der Waals surface area contributed by atoms with Crippen LogP contribution in [0.1, 0.15) is 6.42 Å². The molecular formula is C11H14N4O2. The molecule has 4 N–H and O–H groups in total. The second kappa shape index (κ2) is 5.42. The normalized spacial score (nSPS) is 10.5. The number of nitrogens with two attached hydrogens (primary N) is 1. The Balaban J connectivity index is 2.36. The van der Waals surface area contributed by atoms with Crippen molar-refractivity contribution < 1.29 is 9.84 Å². The maximum atomic E-state index is 8.71. The van der Waals surface area contributed by atoms with Crippen LogP contribution in [0.2, 0.25) is 0 Å². The fraction of sp³-hybridized carbons (Fsp3) is 0.273. The average molecular weight is 234 g/mol. The van der Waals surface area contributed by atoms with E-state index in [9.17, 15) is 0 Å². The zero-order valence-corrected chi connectivity index (χ0v) is 9.26. The summed E-state index contributed by atoms with van der Waals surface area (Å²) in [4.78, 5) is 8.35. The summed E-state index contributed by atoms with van der Waals surface area (Å²) in [5.41, 5.74) is 3.16. The van der Waals surface area contributed by atoms with E-state index in [0.29, 0.717) is 24.9 Å². The number of para-hydroxylation sites is 1. The van der Waals surface area contributed by atoms with Crippen molar-refractivity contribution in [2.45, 2.75) is 6.42 Å². The van der Waals surface area contributed by atoms with Gasteiger partial charge in [0.05, 0.1) is 17.5 Å². The number of aliphatic hydroxyl groups is 1. The number of hydrazine groups is 1. The number of aliphatic hydroxyl groups excluding tert-OH is 1. The molecule has 0 atom stereocenters. The van der Waals surface area contributed by atoms with Gasteiger partial charge in [-0.2, -0.15) is 4.98 Å². The number of benzene rings is 1. The molecule has 0 fully saturated rings. The molecule has 1 heterocycles. The Morgan fingerprint density at radius 1 is 1.29 bits per heavy atom. The van der Waals surface area contributed by atoms with Gasteiger partial charge in [-0.1, -0.05) is 12.1 Å². The molecule has 0 radical (unpaired) electrons. The first-order valence-electron chi connectivity index (χ1n) is 5.32. The molecule has 2 aromatic rings. The van der Waals surface area contributed by atoms with Crippen molar-refractivity contribution in [2.24, 2.45) is 5.84 Å². The van der Waals surface area contributed by atoms with E-state index in [1.807, 2.05) is 24.3 Å². The predicted octanol–water partition coefficient (Wildman–Crippen LogP) is 0.677. The molecule has 0 aliphatic rings. The lowest BCUT2D eigenvalue weighted by Crippen LogP contribution is -2.12. The molecule has 6 heteroatoms. The molecule has 0 saturated heterocycles. The van der Waals surface area contributed by atoms with Crippen molar-refractivity contribution >= 4 is 16.9 Å². The average Bonchev–Trinajstić information content (AvgIpc) is 2.38. The van der Waals surface area contributed by atoms with Gasteiger partial charge in [-0.05, 0) is 12.1 Å². The van der Waals surface area contributed by atoms with Crippen LogP contribution in [0.15, 0.2) is 24.3 Å². The molecule has 0 unspecified atom stereocenters. The van der Waals surface area contributed by atoms with Gasteiger partial charge in [0.2, 0.25) is 11.8 Å². The van der Waals surface area contributed by atoms with Gasteiger partial charge >= 0.3 is 0 Å². The summed E-state index contributed by atoms with van der Waals surface area (Å²) >= 11 is 0. The van der Waals surface area contributed by atoms with Crippen LogP contribution in [0.25, 0.3) is 10.9 Å². The highest BCUT2D eigenvalue weighted by atomic mass is 16.5. The number of nitrogens with zero attached hydrogens (tertiary/aromatic N) is 2. The lowest BCUT2D eigenvalue weighted by Gasteiger charge is -2.09. The van der Waals surface area contributed by atoms with Crippen molar-refractivity contribution in [3.05, 3.63) is 24.3 Å². The minimum absolute atomic E-state index is 0.0883. The largest absolute Gasteiger partial charge is 0.477 e. The summed E-state index contributed by atoms with van der Waals surface area (Å²) in [5, 5.41) is 9.54. The minimum atomic E-state index is 0.0883. The van der Waals surface area contributed by atoms with Crippen LogP contribution in [-0.2, 0) is 0 Å². The van der Waals surface area contributed by atoms with E-state index < -0.39 is 0 Å². The Hall–Kier alpha value is -1.92. The Morgan fingerprint density at radius 2 is 2.12 bits per heavy atom. The Bertz CT molecular complexity index is 504. The van der Waals surface area contributed by atoms with Crippen LogP contribution in [0, 0.1) is 0 Å². The van der Waals surface area contributed by atoms with Crippen molar-refractivity contribution in [1.82, 2.24) is 9.97 Å². The van der Waals surface area contributed by atoms with E-state index in [-0.39, 0.29) is 6.61 Å². The molecule has 0 amide bonds. The molecular weight excluding hydrogens is 220 g/mol. The second-order valence-electron chi connectivity index (χ2n) is 3.44. The summed E-state index contributed by atoms with van der Waals surface area (Å²) in [6, 6.07) is 7.51. The number of fused-ring (bicyclic) bond motifs is 1. The third-order valence-electron chi connectivity index (χ3n) is 2.24. The summed E-state index contributed by atoms with van der Waals surface area (Å²) in [7, 11) is 0. The van der Waals surface area contributed by atoms with Crippen LogP contribution in [0.5, 0.6) is 5.88 Å². The molecule has 6 nitrogen and oxygen atoms in total. The van der Waals surface area contributed by atoms with Crippen molar-refractivity contribution in [3.63, 3.8) is 0 Å². The van der Waals surface area contributed by atoms with Crippen LogP contribution < -0.4 is 16.0 Å². The highest BCUT2D eigenvalue weighted by molar-refractivity contribution is 5.84. The Labute approximate surface area is 98.4 Å². The summed E-state index contributed by atoms with van der Waals surface area (Å²) in [6.07, 6.45) is 0.559. The maximum absolute atomic E-state index is 8.71. The number of nitrogens with one attached hydrogen (secondary N) is 1. The SMILES string of the molecule is NNc1nc(OCCCO)c2ccccc2n1.